The predicted molar refractivity (Wildman–Crippen MR) is 87.6 cm³/mol. The molecule has 0 spiro atoms. The molecule has 0 amide bonds. The minimum atomic E-state index is -0.550. The van der Waals surface area contributed by atoms with E-state index in [1.165, 1.54) is 12.1 Å². The Bertz CT molecular complexity index is 607. The molecule has 0 aliphatic heterocycles. The van der Waals surface area contributed by atoms with Gasteiger partial charge >= 0.3 is 0 Å². The average molecular weight is 372 g/mol. The summed E-state index contributed by atoms with van der Waals surface area (Å²) in [6, 6.07) is 11.6. The van der Waals surface area contributed by atoms with Gasteiger partial charge in [-0.15, -0.1) is 11.8 Å². The van der Waals surface area contributed by atoms with E-state index in [1.54, 1.807) is 11.8 Å². The maximum absolute atomic E-state index is 13.9. The van der Waals surface area contributed by atoms with Crippen LogP contribution in [0.2, 0.25) is 0 Å². The van der Waals surface area contributed by atoms with Crippen LogP contribution in [0.1, 0.15) is 18.5 Å². The maximum atomic E-state index is 13.9. The van der Waals surface area contributed by atoms with E-state index in [4.69, 9.17) is 0 Å². The molecule has 0 aliphatic carbocycles. The van der Waals surface area contributed by atoms with Crippen LogP contribution in [0, 0.1) is 11.6 Å². The first-order valence-corrected chi connectivity index (χ1v) is 8.44. The van der Waals surface area contributed by atoms with Crippen molar-refractivity contribution in [2.45, 2.75) is 17.9 Å². The molecule has 0 fully saturated rings. The van der Waals surface area contributed by atoms with E-state index in [0.29, 0.717) is 11.3 Å². The van der Waals surface area contributed by atoms with Crippen LogP contribution in [-0.2, 0) is 0 Å². The Morgan fingerprint density at radius 3 is 2.67 bits per heavy atom. The number of hydrogen-bond donors (Lipinski definition) is 1. The molecule has 1 atom stereocenters. The van der Waals surface area contributed by atoms with Gasteiger partial charge in [0.05, 0.1) is 0 Å². The Hall–Kier alpha value is -0.910. The number of benzene rings is 2. The molecular weight excluding hydrogens is 356 g/mol. The molecule has 2 aromatic carbocycles. The number of nitrogens with one attached hydrogen (secondary N) is 1. The summed E-state index contributed by atoms with van der Waals surface area (Å²) in [5, 5.41) is 3.25. The van der Waals surface area contributed by atoms with Crippen molar-refractivity contribution in [3.05, 3.63) is 64.1 Å². The molecule has 0 radical (unpaired) electrons. The van der Waals surface area contributed by atoms with E-state index in [9.17, 15) is 8.78 Å². The molecule has 0 bridgehead atoms. The van der Waals surface area contributed by atoms with Crippen molar-refractivity contribution in [1.29, 1.82) is 0 Å². The van der Waals surface area contributed by atoms with E-state index in [1.807, 2.05) is 31.2 Å². The molecule has 0 aliphatic rings. The predicted octanol–water partition coefficient (Wildman–Crippen LogP) is 5.17. The zero-order valence-electron chi connectivity index (χ0n) is 11.6. The van der Waals surface area contributed by atoms with Crippen LogP contribution in [0.25, 0.3) is 0 Å². The Labute approximate surface area is 136 Å². The molecule has 1 nitrogen and oxygen atoms in total. The van der Waals surface area contributed by atoms with Gasteiger partial charge in [-0.2, -0.15) is 0 Å². The Kier molecular flexibility index (Phi) is 6.21. The first-order chi connectivity index (χ1) is 10.1. The summed E-state index contributed by atoms with van der Waals surface area (Å²) >= 11 is 5.07. The van der Waals surface area contributed by atoms with Gasteiger partial charge in [0.2, 0.25) is 0 Å². The number of rotatable bonds is 6. The Morgan fingerprint density at radius 1 is 1.19 bits per heavy atom. The molecule has 1 N–H and O–H groups in total. The quantitative estimate of drug-likeness (QED) is 0.702. The van der Waals surface area contributed by atoms with Crippen molar-refractivity contribution >= 4 is 27.7 Å². The smallest absolute Gasteiger partial charge is 0.130 e. The monoisotopic (exact) mass is 371 g/mol. The highest BCUT2D eigenvalue weighted by Gasteiger charge is 2.16. The highest BCUT2D eigenvalue weighted by atomic mass is 79.9. The van der Waals surface area contributed by atoms with Gasteiger partial charge in [-0.05, 0) is 30.8 Å². The molecular formula is C16H16BrF2NS. The molecule has 1 unspecified atom stereocenters. The standard InChI is InChI=1S/C16H16BrF2NS/c1-2-20-16(14-7-6-12(18)9-15(14)19)10-21-13-5-3-4-11(17)8-13/h3-9,16,20H,2,10H2,1H3. The average Bonchev–Trinajstić information content (AvgIpc) is 2.44. The van der Waals surface area contributed by atoms with E-state index in [2.05, 4.69) is 21.2 Å². The van der Waals surface area contributed by atoms with Crippen molar-refractivity contribution in [3.63, 3.8) is 0 Å². The summed E-state index contributed by atoms with van der Waals surface area (Å²) in [6.45, 7) is 2.69. The van der Waals surface area contributed by atoms with Crippen molar-refractivity contribution in [2.75, 3.05) is 12.3 Å². The lowest BCUT2D eigenvalue weighted by molar-refractivity contribution is 0.531. The molecule has 0 aromatic heterocycles. The van der Waals surface area contributed by atoms with Crippen molar-refractivity contribution < 1.29 is 8.78 Å². The van der Waals surface area contributed by atoms with E-state index in [0.717, 1.165) is 22.0 Å². The van der Waals surface area contributed by atoms with Gasteiger partial charge in [-0.25, -0.2) is 8.78 Å². The van der Waals surface area contributed by atoms with Crippen LogP contribution >= 0.6 is 27.7 Å². The number of hydrogen-bond acceptors (Lipinski definition) is 2. The molecule has 5 heteroatoms. The van der Waals surface area contributed by atoms with Crippen LogP contribution in [0.4, 0.5) is 8.78 Å². The van der Waals surface area contributed by atoms with Gasteiger partial charge in [0.1, 0.15) is 11.6 Å². The van der Waals surface area contributed by atoms with Gasteiger partial charge < -0.3 is 5.32 Å². The highest BCUT2D eigenvalue weighted by molar-refractivity contribution is 9.10. The SMILES string of the molecule is CCNC(CSc1cccc(Br)c1)c1ccc(F)cc1F. The fourth-order valence-corrected chi connectivity index (χ4v) is 3.62. The van der Waals surface area contributed by atoms with Gasteiger partial charge in [0.15, 0.2) is 0 Å². The summed E-state index contributed by atoms with van der Waals surface area (Å²) < 4.78 is 28.0. The molecule has 0 saturated heterocycles. The maximum Gasteiger partial charge on any atom is 0.130 e. The second kappa shape index (κ2) is 7.92. The molecule has 0 heterocycles. The van der Waals surface area contributed by atoms with Crippen LogP contribution in [-0.4, -0.2) is 12.3 Å². The zero-order valence-corrected chi connectivity index (χ0v) is 14.0. The van der Waals surface area contributed by atoms with E-state index >= 15 is 0 Å². The second-order valence-electron chi connectivity index (χ2n) is 4.54. The normalized spacial score (nSPS) is 12.4. The van der Waals surface area contributed by atoms with Crippen LogP contribution in [0.15, 0.2) is 51.8 Å². The van der Waals surface area contributed by atoms with Crippen molar-refractivity contribution in [1.82, 2.24) is 5.32 Å². The lowest BCUT2D eigenvalue weighted by Crippen LogP contribution is -2.24. The third-order valence-corrected chi connectivity index (χ3v) is 4.58. The van der Waals surface area contributed by atoms with E-state index < -0.39 is 11.6 Å². The summed E-state index contributed by atoms with van der Waals surface area (Å²) in [4.78, 5) is 1.11. The van der Waals surface area contributed by atoms with Gasteiger partial charge in [-0.3, -0.25) is 0 Å². The lowest BCUT2D eigenvalue weighted by atomic mass is 10.1. The van der Waals surface area contributed by atoms with Gasteiger partial charge in [-0.1, -0.05) is 35.0 Å². The number of thioether (sulfide) groups is 1. The van der Waals surface area contributed by atoms with Crippen LogP contribution < -0.4 is 5.32 Å². The Balaban J connectivity index is 2.12. The first kappa shape index (κ1) is 16.5. The first-order valence-electron chi connectivity index (χ1n) is 6.67. The van der Waals surface area contributed by atoms with Gasteiger partial charge in [0.25, 0.3) is 0 Å². The minimum Gasteiger partial charge on any atom is -0.309 e. The highest BCUT2D eigenvalue weighted by Crippen LogP contribution is 2.28. The third kappa shape index (κ3) is 4.80. The minimum absolute atomic E-state index is 0.153. The summed E-state index contributed by atoms with van der Waals surface area (Å²) in [6.07, 6.45) is 0. The fraction of sp³-hybridized carbons (Fsp3) is 0.250. The van der Waals surface area contributed by atoms with E-state index in [-0.39, 0.29) is 6.04 Å². The summed E-state index contributed by atoms with van der Waals surface area (Å²) in [5.41, 5.74) is 0.501. The van der Waals surface area contributed by atoms with Crippen molar-refractivity contribution in [2.24, 2.45) is 0 Å². The molecule has 2 rings (SSSR count). The summed E-state index contributed by atoms with van der Waals surface area (Å²) in [5.74, 6) is -0.380. The topological polar surface area (TPSA) is 12.0 Å². The third-order valence-electron chi connectivity index (χ3n) is 3.00. The molecule has 21 heavy (non-hydrogen) atoms. The molecule has 112 valence electrons. The largest absolute Gasteiger partial charge is 0.309 e. The second-order valence-corrected chi connectivity index (χ2v) is 6.55. The molecule has 2 aromatic rings. The van der Waals surface area contributed by atoms with Crippen LogP contribution in [0.3, 0.4) is 0 Å². The number of halogens is 3. The summed E-state index contributed by atoms with van der Waals surface area (Å²) in [7, 11) is 0. The van der Waals surface area contributed by atoms with Crippen molar-refractivity contribution in [3.8, 4) is 0 Å². The zero-order chi connectivity index (χ0) is 15.2. The van der Waals surface area contributed by atoms with Crippen LogP contribution in [0.5, 0.6) is 0 Å². The fourth-order valence-electron chi connectivity index (χ4n) is 2.03. The molecule has 0 saturated carbocycles. The lowest BCUT2D eigenvalue weighted by Gasteiger charge is -2.18. The van der Waals surface area contributed by atoms with Gasteiger partial charge in [0, 0.05) is 32.8 Å². The Morgan fingerprint density at radius 2 is 2.00 bits per heavy atom.